The van der Waals surface area contributed by atoms with Gasteiger partial charge in [-0.3, -0.25) is 9.59 Å². The number of benzene rings is 2. The van der Waals surface area contributed by atoms with E-state index in [2.05, 4.69) is 10.3 Å². The number of para-hydroxylation sites is 2. The number of carbonyl (C=O) groups excluding carboxylic acids is 1. The van der Waals surface area contributed by atoms with Gasteiger partial charge in [0.1, 0.15) is 0 Å². The average Bonchev–Trinajstić information content (AvgIpc) is 2.82. The minimum atomic E-state index is -0.160. The van der Waals surface area contributed by atoms with Crippen LogP contribution in [0, 0.1) is 5.92 Å². The van der Waals surface area contributed by atoms with E-state index in [9.17, 15) is 9.59 Å². The number of amides is 1. The third kappa shape index (κ3) is 4.47. The number of nitrogens with zero attached hydrogens (tertiary/aromatic N) is 4. The number of carbonyl (C=O) groups is 1. The van der Waals surface area contributed by atoms with Crippen molar-refractivity contribution in [3.8, 4) is 0 Å². The quantitative estimate of drug-likeness (QED) is 0.647. The highest BCUT2D eigenvalue weighted by atomic mass is 16.2. The van der Waals surface area contributed by atoms with Gasteiger partial charge in [0.15, 0.2) is 5.82 Å². The number of aryl methyl sites for hydroxylation is 1. The topological polar surface area (TPSA) is 70.5 Å². The van der Waals surface area contributed by atoms with E-state index >= 15 is 0 Å². The highest BCUT2D eigenvalue weighted by Gasteiger charge is 2.28. The third-order valence-corrected chi connectivity index (χ3v) is 6.16. The molecular formula is C25H31N5O2. The Balaban J connectivity index is 1.47. The van der Waals surface area contributed by atoms with Crippen molar-refractivity contribution in [1.82, 2.24) is 14.9 Å². The molecule has 1 aromatic heterocycles. The zero-order valence-electron chi connectivity index (χ0n) is 19.0. The van der Waals surface area contributed by atoms with Crippen LogP contribution in [0.3, 0.4) is 0 Å². The molecule has 1 fully saturated rings. The highest BCUT2D eigenvalue weighted by molar-refractivity contribution is 5.80. The maximum Gasteiger partial charge on any atom is 0.293 e. The molecule has 4 rings (SSSR count). The Labute approximate surface area is 188 Å². The van der Waals surface area contributed by atoms with Gasteiger partial charge < -0.3 is 19.7 Å². The Kier molecular flexibility index (Phi) is 6.44. The van der Waals surface area contributed by atoms with E-state index in [0.717, 1.165) is 41.7 Å². The molecule has 2 heterocycles. The summed E-state index contributed by atoms with van der Waals surface area (Å²) in [4.78, 5) is 34.7. The molecule has 0 spiro atoms. The smallest absolute Gasteiger partial charge is 0.293 e. The molecule has 0 aliphatic carbocycles. The van der Waals surface area contributed by atoms with Gasteiger partial charge >= 0.3 is 0 Å². The summed E-state index contributed by atoms with van der Waals surface area (Å²) < 4.78 is 1.76. The summed E-state index contributed by atoms with van der Waals surface area (Å²) in [5, 5.41) is 3.07. The molecule has 2 aromatic carbocycles. The van der Waals surface area contributed by atoms with Gasteiger partial charge in [-0.25, -0.2) is 4.98 Å². The Morgan fingerprint density at radius 3 is 2.62 bits per heavy atom. The van der Waals surface area contributed by atoms with E-state index in [1.807, 2.05) is 79.3 Å². The second kappa shape index (κ2) is 9.42. The van der Waals surface area contributed by atoms with Crippen LogP contribution in [0.1, 0.15) is 25.3 Å². The van der Waals surface area contributed by atoms with E-state index in [1.165, 1.54) is 0 Å². The lowest BCUT2D eigenvalue weighted by atomic mass is 9.97. The van der Waals surface area contributed by atoms with Gasteiger partial charge in [0.2, 0.25) is 5.91 Å². The summed E-state index contributed by atoms with van der Waals surface area (Å²) >= 11 is 0. The molecule has 0 unspecified atom stereocenters. The number of nitrogens with one attached hydrogen (secondary N) is 1. The number of piperidine rings is 1. The second-order valence-electron chi connectivity index (χ2n) is 8.54. The number of rotatable bonds is 6. The molecule has 1 aliphatic heterocycles. The normalized spacial score (nSPS) is 16.2. The standard InChI is InChI=1S/C25H31N5O2/c1-4-30-22-10-6-5-9-21(22)27-23(25(30)32)29-15-7-8-19(17-29)24(31)26-16-18-11-13-20(14-12-18)28(2)3/h5-6,9-14,19H,4,7-8,15-17H2,1-3H3,(H,26,31)/t19-/m1/s1. The van der Waals surface area contributed by atoms with Gasteiger partial charge in [-0.05, 0) is 49.6 Å². The van der Waals surface area contributed by atoms with Crippen molar-refractivity contribution >= 4 is 28.4 Å². The first-order chi connectivity index (χ1) is 15.5. The summed E-state index contributed by atoms with van der Waals surface area (Å²) in [6, 6.07) is 15.9. The van der Waals surface area contributed by atoms with Crippen LogP contribution in [-0.4, -0.2) is 42.6 Å². The highest BCUT2D eigenvalue weighted by Crippen LogP contribution is 2.22. The summed E-state index contributed by atoms with van der Waals surface area (Å²) in [7, 11) is 4.01. The Morgan fingerprint density at radius 2 is 1.91 bits per heavy atom. The van der Waals surface area contributed by atoms with Crippen molar-refractivity contribution in [2.75, 3.05) is 37.0 Å². The monoisotopic (exact) mass is 433 g/mol. The van der Waals surface area contributed by atoms with Crippen LogP contribution in [0.15, 0.2) is 53.3 Å². The fourth-order valence-corrected chi connectivity index (χ4v) is 4.33. The zero-order chi connectivity index (χ0) is 22.7. The van der Waals surface area contributed by atoms with Gasteiger partial charge in [0, 0.05) is 46.0 Å². The molecule has 1 atom stereocenters. The predicted octanol–water partition coefficient (Wildman–Crippen LogP) is 3.02. The lowest BCUT2D eigenvalue weighted by molar-refractivity contribution is -0.125. The molecule has 7 nitrogen and oxygen atoms in total. The second-order valence-corrected chi connectivity index (χ2v) is 8.54. The number of anilines is 2. The summed E-state index contributed by atoms with van der Waals surface area (Å²) in [5.74, 6) is 0.317. The first-order valence-corrected chi connectivity index (χ1v) is 11.3. The molecule has 1 saturated heterocycles. The van der Waals surface area contributed by atoms with Gasteiger partial charge in [-0.2, -0.15) is 0 Å². The maximum absolute atomic E-state index is 13.1. The third-order valence-electron chi connectivity index (χ3n) is 6.16. The van der Waals surface area contributed by atoms with E-state index < -0.39 is 0 Å². The molecule has 1 amide bonds. The summed E-state index contributed by atoms with van der Waals surface area (Å²) in [6.07, 6.45) is 1.67. The van der Waals surface area contributed by atoms with Crippen molar-refractivity contribution < 1.29 is 4.79 Å². The molecule has 32 heavy (non-hydrogen) atoms. The lowest BCUT2D eigenvalue weighted by Crippen LogP contribution is -2.45. The Morgan fingerprint density at radius 1 is 1.16 bits per heavy atom. The number of hydrogen-bond acceptors (Lipinski definition) is 5. The van der Waals surface area contributed by atoms with Gasteiger partial charge in [0.25, 0.3) is 5.56 Å². The van der Waals surface area contributed by atoms with Crippen molar-refractivity contribution in [1.29, 1.82) is 0 Å². The average molecular weight is 434 g/mol. The Hall–Kier alpha value is -3.35. The van der Waals surface area contributed by atoms with Crippen molar-refractivity contribution in [2.24, 2.45) is 5.92 Å². The van der Waals surface area contributed by atoms with E-state index in [4.69, 9.17) is 0 Å². The maximum atomic E-state index is 13.1. The summed E-state index contributed by atoms with van der Waals surface area (Å²) in [6.45, 7) is 4.30. The van der Waals surface area contributed by atoms with Crippen LogP contribution < -0.4 is 20.7 Å². The van der Waals surface area contributed by atoms with Crippen LogP contribution >= 0.6 is 0 Å². The molecule has 3 aromatic rings. The van der Waals surface area contributed by atoms with E-state index in [0.29, 0.717) is 25.5 Å². The molecule has 1 N–H and O–H groups in total. The first-order valence-electron chi connectivity index (χ1n) is 11.3. The van der Waals surface area contributed by atoms with Crippen molar-refractivity contribution in [3.63, 3.8) is 0 Å². The van der Waals surface area contributed by atoms with Crippen molar-refractivity contribution in [3.05, 3.63) is 64.4 Å². The molecule has 1 aliphatic rings. The molecule has 0 radical (unpaired) electrons. The van der Waals surface area contributed by atoms with Gasteiger partial charge in [0.05, 0.1) is 17.0 Å². The number of fused-ring (bicyclic) bond motifs is 1. The van der Waals surface area contributed by atoms with Gasteiger partial charge in [-0.1, -0.05) is 24.3 Å². The van der Waals surface area contributed by atoms with Crippen LogP contribution in [0.5, 0.6) is 0 Å². The zero-order valence-corrected chi connectivity index (χ0v) is 19.0. The first kappa shape index (κ1) is 21.9. The van der Waals surface area contributed by atoms with E-state index in [-0.39, 0.29) is 17.4 Å². The van der Waals surface area contributed by atoms with Crippen LogP contribution in [-0.2, 0) is 17.9 Å². The minimum absolute atomic E-state index is 0.0305. The largest absolute Gasteiger partial charge is 0.378 e. The van der Waals surface area contributed by atoms with Crippen LogP contribution in [0.2, 0.25) is 0 Å². The number of hydrogen-bond donors (Lipinski definition) is 1. The van der Waals surface area contributed by atoms with Gasteiger partial charge in [-0.15, -0.1) is 0 Å². The Bertz CT molecular complexity index is 1150. The minimum Gasteiger partial charge on any atom is -0.378 e. The van der Waals surface area contributed by atoms with Crippen molar-refractivity contribution in [2.45, 2.75) is 32.9 Å². The summed E-state index contributed by atoms with van der Waals surface area (Å²) in [5.41, 5.74) is 3.75. The van der Waals surface area contributed by atoms with Crippen LogP contribution in [0.4, 0.5) is 11.5 Å². The number of aromatic nitrogens is 2. The fraction of sp³-hybridized carbons (Fsp3) is 0.400. The molecular weight excluding hydrogens is 402 g/mol. The molecule has 0 bridgehead atoms. The predicted molar refractivity (Wildman–Crippen MR) is 129 cm³/mol. The lowest BCUT2D eigenvalue weighted by Gasteiger charge is -2.32. The molecule has 7 heteroatoms. The molecule has 168 valence electrons. The van der Waals surface area contributed by atoms with E-state index in [1.54, 1.807) is 4.57 Å². The van der Waals surface area contributed by atoms with Crippen LogP contribution in [0.25, 0.3) is 11.0 Å². The SMILES string of the molecule is CCn1c(=O)c(N2CCC[C@@H](C(=O)NCc3ccc(N(C)C)cc3)C2)nc2ccccc21. The molecule has 0 saturated carbocycles. The fourth-order valence-electron chi connectivity index (χ4n) is 4.33.